The Balaban J connectivity index is 0. The zero-order chi connectivity index (χ0) is 14.0. The van der Waals surface area contributed by atoms with Crippen LogP contribution in [0.5, 0.6) is 0 Å². The van der Waals surface area contributed by atoms with Crippen LogP contribution in [0.3, 0.4) is 0 Å². The van der Waals surface area contributed by atoms with Gasteiger partial charge in [-0.2, -0.15) is 0 Å². The third kappa shape index (κ3) is 10.9. The number of rotatable bonds is 2. The molecule has 5 heteroatoms. The van der Waals surface area contributed by atoms with Gasteiger partial charge in [0.15, 0.2) is 0 Å². The molecular weight excluding hydrogens is 333 g/mol. The van der Waals surface area contributed by atoms with Gasteiger partial charge in [0, 0.05) is 0 Å². The van der Waals surface area contributed by atoms with Gasteiger partial charge in [-0.05, 0) is 76.4 Å². The molecule has 0 aromatic carbocycles. The quantitative estimate of drug-likeness (QED) is 0.512. The average Bonchev–Trinajstić information content (AvgIpc) is 2.26. The second-order valence-electron chi connectivity index (χ2n) is 3.64. The molecule has 0 atom stereocenters. The van der Waals surface area contributed by atoms with Crippen LogP contribution >= 0.6 is 0 Å². The van der Waals surface area contributed by atoms with Crippen LogP contribution in [0.4, 0.5) is 0 Å². The van der Waals surface area contributed by atoms with Gasteiger partial charge in [0.05, 0.1) is 11.9 Å². The van der Waals surface area contributed by atoms with Gasteiger partial charge in [-0.3, -0.25) is 0 Å². The van der Waals surface area contributed by atoms with Crippen molar-refractivity contribution in [2.75, 3.05) is 0 Å². The zero-order valence-electron chi connectivity index (χ0n) is 10.9. The third-order valence-corrected chi connectivity index (χ3v) is 2.28. The molecule has 0 bridgehead atoms. The van der Waals surface area contributed by atoms with Crippen LogP contribution in [-0.2, 0) is 29.1 Å². The molecule has 0 amide bonds. The first-order valence-corrected chi connectivity index (χ1v) is 5.55. The molecule has 1 aliphatic rings. The van der Waals surface area contributed by atoms with Gasteiger partial charge >= 0.3 is 19.5 Å². The molecule has 4 nitrogen and oxygen atoms in total. The molecule has 104 valence electrons. The summed E-state index contributed by atoms with van der Waals surface area (Å²) in [4.78, 5) is 20.0. The first-order chi connectivity index (χ1) is 8.46. The number of aliphatic carboxylic acids is 2. The predicted octanol–water partition coefficient (Wildman–Crippen LogP) is -0.174. The Labute approximate surface area is 128 Å². The maximum atomic E-state index is 9.99. The Morgan fingerprint density at radius 3 is 1.37 bits per heavy atom. The molecule has 1 saturated carbocycles. The summed E-state index contributed by atoms with van der Waals surface area (Å²) in [7, 11) is 0. The van der Waals surface area contributed by atoms with Gasteiger partial charge in [0.25, 0.3) is 0 Å². The Morgan fingerprint density at radius 2 is 1.11 bits per heavy atom. The van der Waals surface area contributed by atoms with Crippen molar-refractivity contribution in [3.8, 4) is 0 Å². The number of carbonyl (C=O) groups is 2. The van der Waals surface area contributed by atoms with E-state index in [2.05, 4.69) is 38.5 Å². The maximum absolute atomic E-state index is 9.99. The molecule has 0 heterocycles. The van der Waals surface area contributed by atoms with Crippen molar-refractivity contribution in [1.82, 2.24) is 0 Å². The molecule has 1 rings (SSSR count). The third-order valence-electron chi connectivity index (χ3n) is 2.28. The summed E-state index contributed by atoms with van der Waals surface area (Å²) in [5.41, 5.74) is -0.611. The van der Waals surface area contributed by atoms with E-state index in [0.29, 0.717) is 0 Å². The Morgan fingerprint density at radius 1 is 0.789 bits per heavy atom. The van der Waals surface area contributed by atoms with Crippen LogP contribution < -0.4 is 10.2 Å². The summed E-state index contributed by atoms with van der Waals surface area (Å²) in [6.45, 7) is 2.31. The van der Waals surface area contributed by atoms with Crippen LogP contribution in [0, 0.1) is 38.5 Å². The van der Waals surface area contributed by atoms with E-state index in [-0.39, 0.29) is 30.6 Å². The Hall–Kier alpha value is -0.697. The van der Waals surface area contributed by atoms with Crippen molar-refractivity contribution in [3.05, 3.63) is 49.7 Å². The van der Waals surface area contributed by atoms with Crippen molar-refractivity contribution < 1.29 is 39.3 Å². The molecular formula is C14H16O4Ru. The van der Waals surface area contributed by atoms with Crippen LogP contribution in [0.2, 0.25) is 0 Å². The van der Waals surface area contributed by atoms with E-state index in [1.807, 2.05) is 0 Å². The molecule has 0 aromatic rings. The molecule has 0 unspecified atom stereocenters. The van der Waals surface area contributed by atoms with Crippen LogP contribution in [-0.4, -0.2) is 11.9 Å². The predicted molar refractivity (Wildman–Crippen MR) is 63.4 cm³/mol. The number of carboxylic acids is 2. The van der Waals surface area contributed by atoms with Crippen LogP contribution in [0.15, 0.2) is 11.1 Å². The van der Waals surface area contributed by atoms with Crippen molar-refractivity contribution in [2.24, 2.45) is 0 Å². The van der Waals surface area contributed by atoms with E-state index >= 15 is 0 Å². The molecule has 1 fully saturated rings. The standard InChI is InChI=1S/C8H10.C6H8O4.Ru/c1-2-4-6-8-7-5-3-1;1-3(5(7)8)4(2)6(9)10;/h1-6H,7-8H2;1-2H3,(H,7,8)(H,9,10);/q;;+2/p-2/b;4-3+;. The summed E-state index contributed by atoms with van der Waals surface area (Å²) in [6.07, 6.45) is 15.0. The number of hydrogen-bond donors (Lipinski definition) is 0. The SMILES string of the molecule is C/C(C(=O)[O-])=C(/C)C(=O)[O-].[CH]1[CH][CH][CH]CC[CH][CH]1.[Ru+2]. The summed E-state index contributed by atoms with van der Waals surface area (Å²) in [5.74, 6) is -2.97. The number of carbonyl (C=O) groups excluding carboxylic acids is 2. The van der Waals surface area contributed by atoms with E-state index in [0.717, 1.165) is 13.8 Å². The van der Waals surface area contributed by atoms with E-state index in [9.17, 15) is 19.8 Å². The fourth-order valence-electron chi connectivity index (χ4n) is 0.977. The molecule has 0 aliphatic heterocycles. The van der Waals surface area contributed by atoms with Crippen molar-refractivity contribution in [3.63, 3.8) is 0 Å². The Kier molecular flexibility index (Phi) is 13.4. The fourth-order valence-corrected chi connectivity index (χ4v) is 0.977. The van der Waals surface area contributed by atoms with Gasteiger partial charge in [-0.15, -0.1) is 0 Å². The summed E-state index contributed by atoms with van der Waals surface area (Å²) >= 11 is 0. The first kappa shape index (κ1) is 20.6. The molecule has 0 saturated heterocycles. The first-order valence-electron chi connectivity index (χ1n) is 5.55. The topological polar surface area (TPSA) is 80.3 Å². The summed E-state index contributed by atoms with van der Waals surface area (Å²) < 4.78 is 0. The second kappa shape index (κ2) is 12.3. The van der Waals surface area contributed by atoms with E-state index in [1.165, 1.54) is 12.8 Å². The average molecular weight is 349 g/mol. The molecule has 6 radical (unpaired) electrons. The largest absolute Gasteiger partial charge is 2.00 e. The van der Waals surface area contributed by atoms with Gasteiger partial charge < -0.3 is 19.8 Å². The molecule has 0 N–H and O–H groups in total. The minimum Gasteiger partial charge on any atom is -0.545 e. The second-order valence-corrected chi connectivity index (χ2v) is 3.64. The van der Waals surface area contributed by atoms with Gasteiger partial charge in [0.2, 0.25) is 0 Å². The number of hydrogen-bond acceptors (Lipinski definition) is 4. The van der Waals surface area contributed by atoms with Gasteiger partial charge in [0.1, 0.15) is 0 Å². The maximum Gasteiger partial charge on any atom is 2.00 e. The zero-order valence-corrected chi connectivity index (χ0v) is 12.6. The molecule has 1 aliphatic carbocycles. The molecule has 0 spiro atoms. The van der Waals surface area contributed by atoms with Gasteiger partial charge in [-0.1, -0.05) is 0 Å². The van der Waals surface area contributed by atoms with Crippen molar-refractivity contribution >= 4 is 11.9 Å². The molecule has 0 aromatic heterocycles. The minimum atomic E-state index is -1.48. The summed E-state index contributed by atoms with van der Waals surface area (Å²) in [6, 6.07) is 0. The molecule has 19 heavy (non-hydrogen) atoms. The summed E-state index contributed by atoms with van der Waals surface area (Å²) in [5, 5.41) is 20.0. The van der Waals surface area contributed by atoms with Crippen molar-refractivity contribution in [2.45, 2.75) is 26.7 Å². The smallest absolute Gasteiger partial charge is 0.545 e. The van der Waals surface area contributed by atoms with Crippen LogP contribution in [0.25, 0.3) is 0 Å². The van der Waals surface area contributed by atoms with Gasteiger partial charge in [-0.25, -0.2) is 0 Å². The van der Waals surface area contributed by atoms with E-state index in [4.69, 9.17) is 0 Å². The minimum absolute atomic E-state index is 0. The van der Waals surface area contributed by atoms with E-state index < -0.39 is 11.9 Å². The Bertz CT molecular complexity index is 265. The normalized spacial score (nSPS) is 16.5. The van der Waals surface area contributed by atoms with Crippen molar-refractivity contribution in [1.29, 1.82) is 0 Å². The monoisotopic (exact) mass is 350 g/mol. The van der Waals surface area contributed by atoms with E-state index in [1.54, 1.807) is 0 Å². The van der Waals surface area contributed by atoms with Crippen LogP contribution in [0.1, 0.15) is 26.7 Å². The fraction of sp³-hybridized carbons (Fsp3) is 0.286. The number of carboxylic acid groups (broad SMARTS) is 2.